The summed E-state index contributed by atoms with van der Waals surface area (Å²) in [6.45, 7) is 0. The lowest BCUT2D eigenvalue weighted by Gasteiger charge is -2.12. The summed E-state index contributed by atoms with van der Waals surface area (Å²) in [5, 5.41) is 9.59. The number of hydrogen-bond donors (Lipinski definition) is 0. The Morgan fingerprint density at radius 1 is 0.288 bits per heavy atom. The van der Waals surface area contributed by atoms with E-state index in [2.05, 4.69) is 191 Å². The SMILES string of the molecule is c1cc(-c2cccc3ccccc23)nc(-n2c3ccccc3c3cc4c5ccccc5n(-c5cccc(-c6cccc7ccccc67)n5)c4cc32)c1. The summed E-state index contributed by atoms with van der Waals surface area (Å²) in [5.74, 6) is 1.77. The summed E-state index contributed by atoms with van der Waals surface area (Å²) in [6, 6.07) is 64.7. The lowest BCUT2D eigenvalue weighted by atomic mass is 10.0. The zero-order valence-corrected chi connectivity index (χ0v) is 28.1. The summed E-state index contributed by atoms with van der Waals surface area (Å²) in [6.07, 6.45) is 0. The van der Waals surface area contributed by atoms with E-state index in [-0.39, 0.29) is 0 Å². The molecule has 4 heterocycles. The molecular formula is C48H30N4. The van der Waals surface area contributed by atoms with Crippen LogP contribution in [0.5, 0.6) is 0 Å². The van der Waals surface area contributed by atoms with E-state index in [1.54, 1.807) is 0 Å². The number of pyridine rings is 2. The monoisotopic (exact) mass is 662 g/mol. The van der Waals surface area contributed by atoms with Gasteiger partial charge in [0.15, 0.2) is 0 Å². The molecule has 0 aliphatic carbocycles. The molecule has 0 saturated heterocycles. The number of hydrogen-bond acceptors (Lipinski definition) is 2. The first-order valence-electron chi connectivity index (χ1n) is 17.7. The number of nitrogens with zero attached hydrogens (tertiary/aromatic N) is 4. The molecule has 4 aromatic heterocycles. The molecule has 7 aromatic carbocycles. The second-order valence-electron chi connectivity index (χ2n) is 13.4. The number of fused-ring (bicyclic) bond motifs is 8. The Bertz CT molecular complexity index is 2980. The largest absolute Gasteiger partial charge is 0.294 e. The van der Waals surface area contributed by atoms with Gasteiger partial charge in [0.05, 0.1) is 33.5 Å². The van der Waals surface area contributed by atoms with Crippen LogP contribution in [0.25, 0.3) is 99.3 Å². The number of rotatable bonds is 4. The lowest BCUT2D eigenvalue weighted by Crippen LogP contribution is -2.00. The van der Waals surface area contributed by atoms with E-state index < -0.39 is 0 Å². The molecule has 0 unspecified atom stereocenters. The molecule has 11 rings (SSSR count). The van der Waals surface area contributed by atoms with Crippen molar-refractivity contribution in [2.75, 3.05) is 0 Å². The summed E-state index contributed by atoms with van der Waals surface area (Å²) in [5.41, 5.74) is 8.60. The van der Waals surface area contributed by atoms with Crippen molar-refractivity contribution in [3.05, 3.63) is 182 Å². The van der Waals surface area contributed by atoms with E-state index in [1.165, 1.54) is 43.1 Å². The first kappa shape index (κ1) is 28.8. The van der Waals surface area contributed by atoms with Gasteiger partial charge in [0.1, 0.15) is 11.6 Å². The maximum atomic E-state index is 5.35. The van der Waals surface area contributed by atoms with Crippen LogP contribution in [-0.4, -0.2) is 19.1 Å². The zero-order chi connectivity index (χ0) is 34.2. The number of aromatic nitrogens is 4. The smallest absolute Gasteiger partial charge is 0.138 e. The fraction of sp³-hybridized carbons (Fsp3) is 0. The molecule has 0 fully saturated rings. The topological polar surface area (TPSA) is 35.6 Å². The quantitative estimate of drug-likeness (QED) is 0.188. The van der Waals surface area contributed by atoms with Crippen molar-refractivity contribution in [3.63, 3.8) is 0 Å². The minimum absolute atomic E-state index is 0.884. The highest BCUT2D eigenvalue weighted by atomic mass is 15.1. The minimum atomic E-state index is 0.884. The Labute approximate surface area is 299 Å². The highest BCUT2D eigenvalue weighted by molar-refractivity contribution is 6.19. The molecule has 11 aromatic rings. The van der Waals surface area contributed by atoms with Crippen LogP contribution in [0, 0.1) is 0 Å². The summed E-state index contributed by atoms with van der Waals surface area (Å²) in [7, 11) is 0. The summed E-state index contributed by atoms with van der Waals surface area (Å²) in [4.78, 5) is 10.7. The molecule has 52 heavy (non-hydrogen) atoms. The fourth-order valence-corrected chi connectivity index (χ4v) is 8.22. The van der Waals surface area contributed by atoms with Gasteiger partial charge in [0.25, 0.3) is 0 Å². The zero-order valence-electron chi connectivity index (χ0n) is 28.1. The predicted molar refractivity (Wildman–Crippen MR) is 217 cm³/mol. The molecule has 0 aliphatic rings. The predicted octanol–water partition coefficient (Wildman–Crippen LogP) is 12.3. The van der Waals surface area contributed by atoms with Crippen molar-refractivity contribution in [1.29, 1.82) is 0 Å². The van der Waals surface area contributed by atoms with Crippen molar-refractivity contribution < 1.29 is 0 Å². The van der Waals surface area contributed by atoms with Crippen LogP contribution in [0.1, 0.15) is 0 Å². The molecule has 4 nitrogen and oxygen atoms in total. The van der Waals surface area contributed by atoms with Gasteiger partial charge in [0, 0.05) is 32.7 Å². The Hall–Kier alpha value is -7.04. The van der Waals surface area contributed by atoms with E-state index >= 15 is 0 Å². The molecule has 242 valence electrons. The van der Waals surface area contributed by atoms with E-state index in [0.717, 1.165) is 56.2 Å². The third kappa shape index (κ3) is 4.28. The van der Waals surface area contributed by atoms with Crippen molar-refractivity contribution in [2.24, 2.45) is 0 Å². The van der Waals surface area contributed by atoms with Crippen molar-refractivity contribution in [1.82, 2.24) is 19.1 Å². The second-order valence-corrected chi connectivity index (χ2v) is 13.4. The van der Waals surface area contributed by atoms with E-state index in [4.69, 9.17) is 9.97 Å². The van der Waals surface area contributed by atoms with Crippen LogP contribution in [0.15, 0.2) is 182 Å². The molecular weight excluding hydrogens is 633 g/mol. The lowest BCUT2D eigenvalue weighted by molar-refractivity contribution is 1.07. The molecule has 0 atom stereocenters. The molecule has 0 N–H and O–H groups in total. The van der Waals surface area contributed by atoms with Crippen molar-refractivity contribution >= 4 is 65.2 Å². The molecule has 0 radical (unpaired) electrons. The average molecular weight is 663 g/mol. The fourth-order valence-electron chi connectivity index (χ4n) is 8.22. The maximum Gasteiger partial charge on any atom is 0.138 e. The first-order chi connectivity index (χ1) is 25.8. The third-order valence-electron chi connectivity index (χ3n) is 10.5. The van der Waals surface area contributed by atoms with Gasteiger partial charge in [-0.1, -0.05) is 133 Å². The Balaban J connectivity index is 1.18. The highest BCUT2D eigenvalue weighted by Gasteiger charge is 2.20. The molecule has 0 amide bonds. The maximum absolute atomic E-state index is 5.35. The molecule has 0 aliphatic heterocycles. The van der Waals surface area contributed by atoms with Crippen LogP contribution >= 0.6 is 0 Å². The first-order valence-corrected chi connectivity index (χ1v) is 17.7. The third-order valence-corrected chi connectivity index (χ3v) is 10.5. The second kappa shape index (κ2) is 11.2. The Kier molecular flexibility index (Phi) is 6.22. The van der Waals surface area contributed by atoms with E-state index in [0.29, 0.717) is 0 Å². The molecule has 4 heteroatoms. The van der Waals surface area contributed by atoms with E-state index in [1.807, 2.05) is 0 Å². The van der Waals surface area contributed by atoms with Gasteiger partial charge in [0.2, 0.25) is 0 Å². The van der Waals surface area contributed by atoms with Gasteiger partial charge in [-0.15, -0.1) is 0 Å². The van der Waals surface area contributed by atoms with Gasteiger partial charge >= 0.3 is 0 Å². The average Bonchev–Trinajstić information content (AvgIpc) is 3.71. The molecule has 0 saturated carbocycles. The van der Waals surface area contributed by atoms with Gasteiger partial charge in [-0.2, -0.15) is 0 Å². The van der Waals surface area contributed by atoms with Gasteiger partial charge in [-0.3, -0.25) is 9.13 Å². The summed E-state index contributed by atoms with van der Waals surface area (Å²) < 4.78 is 4.64. The van der Waals surface area contributed by atoms with Crippen LogP contribution in [-0.2, 0) is 0 Å². The van der Waals surface area contributed by atoms with Crippen molar-refractivity contribution in [3.8, 4) is 34.2 Å². The van der Waals surface area contributed by atoms with E-state index in [9.17, 15) is 0 Å². The van der Waals surface area contributed by atoms with Crippen LogP contribution in [0.2, 0.25) is 0 Å². The van der Waals surface area contributed by atoms with Crippen LogP contribution < -0.4 is 0 Å². The van der Waals surface area contributed by atoms with Gasteiger partial charge in [-0.05, 0) is 70.1 Å². The minimum Gasteiger partial charge on any atom is -0.294 e. The molecule has 0 bridgehead atoms. The van der Waals surface area contributed by atoms with Gasteiger partial charge < -0.3 is 0 Å². The van der Waals surface area contributed by atoms with Crippen LogP contribution in [0.4, 0.5) is 0 Å². The Morgan fingerprint density at radius 3 is 1.19 bits per heavy atom. The molecule has 0 spiro atoms. The highest BCUT2D eigenvalue weighted by Crippen LogP contribution is 2.40. The van der Waals surface area contributed by atoms with Crippen LogP contribution in [0.3, 0.4) is 0 Å². The standard InChI is InChI=1S/C48H30N4/c1-3-17-33-31(13-1)15-9-21-35(33)41-23-11-27-47(49-41)51-43-25-7-5-19-37(43)39-29-40-38-20-6-8-26-44(38)52(46(40)30-45(39)51)48-28-12-24-42(50-48)36-22-10-16-32-14-2-4-18-34(32)36/h1-30H. The normalized spacial score (nSPS) is 11.8. The summed E-state index contributed by atoms with van der Waals surface area (Å²) >= 11 is 0. The Morgan fingerprint density at radius 2 is 0.692 bits per heavy atom. The number of para-hydroxylation sites is 2. The van der Waals surface area contributed by atoms with Gasteiger partial charge in [-0.25, -0.2) is 9.97 Å². The number of benzene rings is 7. The van der Waals surface area contributed by atoms with Crippen molar-refractivity contribution in [2.45, 2.75) is 0 Å².